The Morgan fingerprint density at radius 3 is 0.776 bits per heavy atom. The lowest BCUT2D eigenvalue weighted by molar-refractivity contribution is 0.190. The first kappa shape index (κ1) is 58.1. The van der Waals surface area contributed by atoms with Crippen LogP contribution in [0.4, 0.5) is 0 Å². The molecule has 0 aliphatic rings. The van der Waals surface area contributed by atoms with Crippen LogP contribution in [0.1, 0.15) is 181 Å². The third kappa shape index (κ3) is 37.8. The quantitative estimate of drug-likeness (QED) is 0.0336. The van der Waals surface area contributed by atoms with Gasteiger partial charge in [-0.1, -0.05) is 129 Å². The molecule has 12 nitrogen and oxygen atoms in total. The normalized spacial score (nSPS) is 14.1. The lowest BCUT2D eigenvalue weighted by Crippen LogP contribution is -2.31. The fourth-order valence-electron chi connectivity index (χ4n) is 6.99. The molecule has 0 bridgehead atoms. The van der Waals surface area contributed by atoms with Gasteiger partial charge in [-0.2, -0.15) is 0 Å². The predicted octanol–water partition coefficient (Wildman–Crippen LogP) is 10.1. The minimum Gasteiger partial charge on any atom is -0.330 e. The Labute approximate surface area is 359 Å². The molecule has 0 aromatic carbocycles. The topological polar surface area (TPSA) is 182 Å². The Morgan fingerprint density at radius 1 is 0.328 bits per heavy atom. The summed E-state index contributed by atoms with van der Waals surface area (Å²) in [5.41, 5.74) is 23.1. The summed E-state index contributed by atoms with van der Waals surface area (Å²) < 4.78 is 51.7. The van der Waals surface area contributed by atoms with E-state index < -0.39 is 15.2 Å². The summed E-state index contributed by atoms with van der Waals surface area (Å²) in [5, 5.41) is 0. The summed E-state index contributed by atoms with van der Waals surface area (Å²) >= 11 is 0. The standard InChI is InChI=1S/C44H98N6O6P2/c1-3-5-7-9-17-21-39-53-57(51,43-37-49(33-25-29-45)34-26-30-46)55-41-23-19-15-13-11-12-14-16-20-24-42-56-58(52,54-40-22-18-10-8-6-4-2)44-38-50(35-27-31-47)36-28-32-48/h3-48H2,1-2H3. The van der Waals surface area contributed by atoms with Gasteiger partial charge < -0.3 is 50.8 Å². The van der Waals surface area contributed by atoms with Crippen molar-refractivity contribution in [1.82, 2.24) is 9.80 Å². The van der Waals surface area contributed by atoms with E-state index in [4.69, 9.17) is 41.0 Å². The summed E-state index contributed by atoms with van der Waals surface area (Å²) in [6.07, 6.45) is 29.6. The highest BCUT2D eigenvalue weighted by molar-refractivity contribution is 7.54. The van der Waals surface area contributed by atoms with Crippen molar-refractivity contribution in [1.29, 1.82) is 0 Å². The number of unbranched alkanes of at least 4 members (excludes halogenated alkanes) is 19. The van der Waals surface area contributed by atoms with Gasteiger partial charge >= 0.3 is 15.2 Å². The van der Waals surface area contributed by atoms with E-state index in [-0.39, 0.29) is 0 Å². The highest BCUT2D eigenvalue weighted by Gasteiger charge is 2.27. The van der Waals surface area contributed by atoms with Crippen molar-refractivity contribution in [2.75, 3.05) is 104 Å². The van der Waals surface area contributed by atoms with Crippen molar-refractivity contribution in [3.8, 4) is 0 Å². The van der Waals surface area contributed by atoms with E-state index in [9.17, 15) is 9.13 Å². The molecule has 0 rings (SSSR count). The maximum absolute atomic E-state index is 13.8. The van der Waals surface area contributed by atoms with Gasteiger partial charge in [-0.3, -0.25) is 9.13 Å². The van der Waals surface area contributed by atoms with Crippen molar-refractivity contribution >= 4 is 15.2 Å². The highest BCUT2D eigenvalue weighted by atomic mass is 31.2. The van der Waals surface area contributed by atoms with Gasteiger partial charge in [-0.15, -0.1) is 0 Å². The van der Waals surface area contributed by atoms with Crippen LogP contribution >= 0.6 is 15.2 Å². The first-order chi connectivity index (χ1) is 28.3. The third-order valence-electron chi connectivity index (χ3n) is 10.8. The van der Waals surface area contributed by atoms with Crippen LogP contribution in [-0.4, -0.2) is 114 Å². The van der Waals surface area contributed by atoms with Gasteiger partial charge in [0.15, 0.2) is 0 Å². The molecule has 2 atom stereocenters. The molecule has 0 heterocycles. The van der Waals surface area contributed by atoms with E-state index in [1.165, 1.54) is 77.0 Å². The van der Waals surface area contributed by atoms with Crippen molar-refractivity contribution in [2.24, 2.45) is 22.9 Å². The average Bonchev–Trinajstić information content (AvgIpc) is 3.22. The van der Waals surface area contributed by atoms with Gasteiger partial charge in [0.2, 0.25) is 0 Å². The minimum atomic E-state index is -3.16. The maximum Gasteiger partial charge on any atom is 0.331 e. The summed E-state index contributed by atoms with van der Waals surface area (Å²) in [5.74, 6) is 0. The average molecular weight is 869 g/mol. The molecular formula is C44H98N6O6P2. The summed E-state index contributed by atoms with van der Waals surface area (Å²) in [6, 6.07) is 0. The number of nitrogens with zero attached hydrogens (tertiary/aromatic N) is 2. The van der Waals surface area contributed by atoms with Gasteiger partial charge in [-0.05, 0) is 104 Å². The van der Waals surface area contributed by atoms with Crippen LogP contribution in [0.5, 0.6) is 0 Å². The number of nitrogens with two attached hydrogens (primary N) is 4. The zero-order valence-corrected chi connectivity index (χ0v) is 40.0. The minimum absolute atomic E-state index is 0.417. The van der Waals surface area contributed by atoms with Gasteiger partial charge in [0.05, 0.1) is 38.8 Å². The second kappa shape index (κ2) is 43.7. The molecule has 0 fully saturated rings. The Balaban J connectivity index is 4.49. The van der Waals surface area contributed by atoms with Crippen LogP contribution in [0.2, 0.25) is 0 Å². The summed E-state index contributed by atoms with van der Waals surface area (Å²) in [6.45, 7) is 13.9. The molecule has 0 saturated carbocycles. The van der Waals surface area contributed by atoms with Crippen LogP contribution in [0.15, 0.2) is 0 Å². The third-order valence-corrected chi connectivity index (χ3v) is 14.6. The Kier molecular flexibility index (Phi) is 43.7. The van der Waals surface area contributed by atoms with E-state index in [2.05, 4.69) is 23.6 Å². The van der Waals surface area contributed by atoms with E-state index in [0.717, 1.165) is 116 Å². The van der Waals surface area contributed by atoms with Crippen molar-refractivity contribution in [3.05, 3.63) is 0 Å². The van der Waals surface area contributed by atoms with Crippen LogP contribution < -0.4 is 22.9 Å². The molecule has 350 valence electrons. The van der Waals surface area contributed by atoms with Crippen molar-refractivity contribution in [3.63, 3.8) is 0 Å². The second-order valence-electron chi connectivity index (χ2n) is 16.3. The molecule has 0 radical (unpaired) electrons. The lowest BCUT2D eigenvalue weighted by atomic mass is 10.1. The monoisotopic (exact) mass is 869 g/mol. The first-order valence-corrected chi connectivity index (χ1v) is 27.8. The van der Waals surface area contributed by atoms with Crippen LogP contribution in [-0.2, 0) is 27.2 Å². The maximum atomic E-state index is 13.8. The molecule has 2 unspecified atom stereocenters. The smallest absolute Gasteiger partial charge is 0.330 e. The lowest BCUT2D eigenvalue weighted by Gasteiger charge is -2.25. The van der Waals surface area contributed by atoms with E-state index in [1.807, 2.05) is 0 Å². The molecule has 14 heteroatoms. The molecule has 0 aromatic heterocycles. The Hall–Kier alpha value is 0.0600. The van der Waals surface area contributed by atoms with Crippen molar-refractivity contribution in [2.45, 2.75) is 181 Å². The summed E-state index contributed by atoms with van der Waals surface area (Å²) in [4.78, 5) is 4.60. The summed E-state index contributed by atoms with van der Waals surface area (Å²) in [7, 11) is -6.33. The Morgan fingerprint density at radius 2 is 0.552 bits per heavy atom. The van der Waals surface area contributed by atoms with Crippen LogP contribution in [0.25, 0.3) is 0 Å². The van der Waals surface area contributed by atoms with Gasteiger partial charge in [0, 0.05) is 13.1 Å². The molecular weight excluding hydrogens is 770 g/mol. The number of hydrogen-bond acceptors (Lipinski definition) is 12. The molecule has 0 spiro atoms. The molecule has 58 heavy (non-hydrogen) atoms. The highest BCUT2D eigenvalue weighted by Crippen LogP contribution is 2.49. The molecule has 0 aliphatic carbocycles. The van der Waals surface area contributed by atoms with Gasteiger partial charge in [0.25, 0.3) is 0 Å². The van der Waals surface area contributed by atoms with Crippen LogP contribution in [0, 0.1) is 0 Å². The Bertz CT molecular complexity index is 855. The van der Waals surface area contributed by atoms with E-state index in [1.54, 1.807) is 0 Å². The van der Waals surface area contributed by atoms with Gasteiger partial charge in [-0.25, -0.2) is 0 Å². The van der Waals surface area contributed by atoms with E-state index in [0.29, 0.717) is 78.0 Å². The molecule has 0 saturated heterocycles. The fourth-order valence-corrected chi connectivity index (χ4v) is 10.3. The second-order valence-corrected chi connectivity index (χ2v) is 20.7. The molecule has 8 N–H and O–H groups in total. The largest absolute Gasteiger partial charge is 0.331 e. The number of rotatable bonds is 49. The molecule has 0 aliphatic heterocycles. The SMILES string of the molecule is CCCCCCCCOP(=O)(CCN(CCCN)CCCN)OCCCCCCCCCCCCOP(=O)(CCN(CCCN)CCCN)OCCCCCCCC. The zero-order valence-electron chi connectivity index (χ0n) is 38.2. The van der Waals surface area contributed by atoms with E-state index >= 15 is 0 Å². The number of hydrogen-bond donors (Lipinski definition) is 4. The zero-order chi connectivity index (χ0) is 42.7. The fraction of sp³-hybridized carbons (Fsp3) is 1.00. The van der Waals surface area contributed by atoms with Gasteiger partial charge in [0.1, 0.15) is 0 Å². The molecule has 0 aromatic rings. The van der Waals surface area contributed by atoms with Crippen molar-refractivity contribution < 1.29 is 27.2 Å². The first-order valence-electron chi connectivity index (χ1n) is 24.3. The molecule has 0 amide bonds. The van der Waals surface area contributed by atoms with Crippen LogP contribution in [0.3, 0.4) is 0 Å². The predicted molar refractivity (Wildman–Crippen MR) is 249 cm³/mol.